The number of fused-ring (bicyclic) bond motifs is 2. The summed E-state index contributed by atoms with van der Waals surface area (Å²) in [5, 5.41) is 1.51. The van der Waals surface area contributed by atoms with Crippen molar-refractivity contribution < 1.29 is 13.9 Å². The fourth-order valence-corrected chi connectivity index (χ4v) is 4.88. The van der Waals surface area contributed by atoms with Gasteiger partial charge in [0, 0.05) is 43.3 Å². The molecule has 0 saturated carbocycles. The fraction of sp³-hybridized carbons (Fsp3) is 0.320. The number of hydrogen-bond acceptors (Lipinski definition) is 7. The van der Waals surface area contributed by atoms with E-state index in [1.54, 1.807) is 4.90 Å². The van der Waals surface area contributed by atoms with Gasteiger partial charge < -0.3 is 19.0 Å². The number of nitrogens with zero attached hydrogens (tertiary/aromatic N) is 3. The molecule has 1 saturated heterocycles. The maximum Gasteiger partial charge on any atom is 0.410 e. The van der Waals surface area contributed by atoms with Crippen LogP contribution in [-0.2, 0) is 4.74 Å². The van der Waals surface area contributed by atoms with Crippen molar-refractivity contribution >= 4 is 44.3 Å². The van der Waals surface area contributed by atoms with E-state index >= 15 is 0 Å². The number of piperazine rings is 1. The van der Waals surface area contributed by atoms with Gasteiger partial charge in [0.25, 0.3) is 0 Å². The number of benzene rings is 2. The van der Waals surface area contributed by atoms with E-state index in [9.17, 15) is 9.59 Å². The van der Waals surface area contributed by atoms with E-state index < -0.39 is 11.2 Å². The third-order valence-electron chi connectivity index (χ3n) is 5.54. The molecule has 5 rings (SSSR count). The molecule has 0 atom stereocenters. The van der Waals surface area contributed by atoms with Gasteiger partial charge in [-0.25, -0.2) is 14.6 Å². The second kappa shape index (κ2) is 8.19. The highest BCUT2D eigenvalue weighted by atomic mass is 32.1. The zero-order valence-corrected chi connectivity index (χ0v) is 19.6. The van der Waals surface area contributed by atoms with Crippen molar-refractivity contribution in [2.45, 2.75) is 26.4 Å². The van der Waals surface area contributed by atoms with Gasteiger partial charge in [0.2, 0.25) is 0 Å². The van der Waals surface area contributed by atoms with Crippen LogP contribution in [0.15, 0.2) is 57.7 Å². The molecule has 8 heteroatoms. The molecule has 0 N–H and O–H groups in total. The Morgan fingerprint density at radius 1 is 1.06 bits per heavy atom. The largest absolute Gasteiger partial charge is 0.444 e. The molecule has 33 heavy (non-hydrogen) atoms. The van der Waals surface area contributed by atoms with Crippen molar-refractivity contribution in [1.29, 1.82) is 0 Å². The summed E-state index contributed by atoms with van der Waals surface area (Å²) >= 11 is 1.48. The van der Waals surface area contributed by atoms with Crippen LogP contribution in [0.25, 0.3) is 31.8 Å². The van der Waals surface area contributed by atoms with Gasteiger partial charge in [-0.05, 0) is 51.1 Å². The molecular formula is C25H25N3O4S. The first-order chi connectivity index (χ1) is 15.8. The number of ether oxygens (including phenoxy) is 1. The Labute approximate surface area is 195 Å². The lowest BCUT2D eigenvalue weighted by Gasteiger charge is -2.36. The zero-order valence-electron chi connectivity index (χ0n) is 18.8. The van der Waals surface area contributed by atoms with Crippen LogP contribution in [0.1, 0.15) is 20.8 Å². The number of amides is 1. The van der Waals surface area contributed by atoms with Crippen molar-refractivity contribution in [3.05, 3.63) is 59.0 Å². The minimum atomic E-state index is -0.506. The van der Waals surface area contributed by atoms with Crippen LogP contribution in [0.2, 0.25) is 0 Å². The maximum atomic E-state index is 12.8. The highest BCUT2D eigenvalue weighted by Gasteiger charge is 2.26. The number of para-hydroxylation sites is 1. The average molecular weight is 464 g/mol. The highest BCUT2D eigenvalue weighted by Crippen LogP contribution is 2.31. The molecule has 0 aliphatic carbocycles. The molecule has 0 spiro atoms. The lowest BCUT2D eigenvalue weighted by atomic mass is 10.1. The van der Waals surface area contributed by atoms with Crippen LogP contribution >= 0.6 is 11.3 Å². The first-order valence-electron chi connectivity index (χ1n) is 10.9. The number of rotatable bonds is 2. The predicted molar refractivity (Wildman–Crippen MR) is 131 cm³/mol. The topological polar surface area (TPSA) is 75.9 Å². The Hall–Kier alpha value is -3.39. The van der Waals surface area contributed by atoms with Crippen molar-refractivity contribution in [1.82, 2.24) is 9.88 Å². The number of carbonyl (C=O) groups excluding carboxylic acids is 1. The van der Waals surface area contributed by atoms with E-state index in [1.165, 1.54) is 11.3 Å². The molecule has 3 heterocycles. The van der Waals surface area contributed by atoms with E-state index in [-0.39, 0.29) is 6.09 Å². The Bertz CT molecular complexity index is 1360. The van der Waals surface area contributed by atoms with E-state index in [2.05, 4.69) is 9.88 Å². The molecule has 4 aromatic rings. The molecule has 2 aromatic carbocycles. The summed E-state index contributed by atoms with van der Waals surface area (Å²) in [5.41, 5.74) is 1.95. The van der Waals surface area contributed by atoms with Crippen molar-refractivity contribution in [3.63, 3.8) is 0 Å². The summed E-state index contributed by atoms with van der Waals surface area (Å²) in [4.78, 5) is 33.6. The zero-order chi connectivity index (χ0) is 23.2. The van der Waals surface area contributed by atoms with Crippen molar-refractivity contribution in [2.24, 2.45) is 0 Å². The summed E-state index contributed by atoms with van der Waals surface area (Å²) in [5.74, 6) is 0. The number of carbonyl (C=O) groups is 1. The molecule has 1 aliphatic heterocycles. The van der Waals surface area contributed by atoms with Gasteiger partial charge in [-0.1, -0.05) is 12.1 Å². The second-order valence-electron chi connectivity index (χ2n) is 9.11. The summed E-state index contributed by atoms with van der Waals surface area (Å²) in [6.45, 7) is 8.11. The van der Waals surface area contributed by atoms with E-state index in [0.29, 0.717) is 42.3 Å². The van der Waals surface area contributed by atoms with Crippen LogP contribution in [0.4, 0.5) is 10.5 Å². The van der Waals surface area contributed by atoms with Gasteiger partial charge >= 0.3 is 11.7 Å². The Morgan fingerprint density at radius 3 is 2.55 bits per heavy atom. The smallest absolute Gasteiger partial charge is 0.410 e. The van der Waals surface area contributed by atoms with Crippen LogP contribution in [-0.4, -0.2) is 47.8 Å². The van der Waals surface area contributed by atoms with Crippen LogP contribution in [0.3, 0.4) is 0 Å². The number of anilines is 1. The molecule has 1 fully saturated rings. The fourth-order valence-electron chi connectivity index (χ4n) is 3.91. The van der Waals surface area contributed by atoms with Crippen molar-refractivity contribution in [2.75, 3.05) is 31.1 Å². The molecule has 170 valence electrons. The average Bonchev–Trinajstić information content (AvgIpc) is 3.21. The summed E-state index contributed by atoms with van der Waals surface area (Å²) in [6, 6.07) is 15.6. The predicted octanol–water partition coefficient (Wildman–Crippen LogP) is 5.13. The molecule has 0 bridgehead atoms. The number of aromatic nitrogens is 1. The normalized spacial score (nSPS) is 14.8. The molecule has 7 nitrogen and oxygen atoms in total. The molecule has 1 amide bonds. The van der Waals surface area contributed by atoms with Gasteiger partial charge in [-0.3, -0.25) is 0 Å². The van der Waals surface area contributed by atoms with E-state index in [4.69, 9.17) is 9.15 Å². The highest BCUT2D eigenvalue weighted by molar-refractivity contribution is 7.21. The van der Waals surface area contributed by atoms with E-state index in [0.717, 1.165) is 21.3 Å². The van der Waals surface area contributed by atoms with Crippen LogP contribution in [0, 0.1) is 0 Å². The van der Waals surface area contributed by atoms with Crippen LogP contribution in [0.5, 0.6) is 0 Å². The number of thiazole rings is 1. The minimum Gasteiger partial charge on any atom is -0.444 e. The standard InChI is InChI=1S/C25H25N3O4S/c1-25(2,3)32-24(30)28-12-10-27(11-13-28)17-9-8-16-14-18(23(29)31-20(16)15-17)22-26-19-6-4-5-7-21(19)33-22/h4-9,14-15H,10-13H2,1-3H3. The van der Waals surface area contributed by atoms with Crippen molar-refractivity contribution in [3.8, 4) is 10.6 Å². The molecule has 2 aromatic heterocycles. The number of hydrogen-bond donors (Lipinski definition) is 0. The quantitative estimate of drug-likeness (QED) is 0.384. The van der Waals surface area contributed by atoms with Gasteiger partial charge in [-0.2, -0.15) is 0 Å². The minimum absolute atomic E-state index is 0.283. The van der Waals surface area contributed by atoms with Gasteiger partial charge in [-0.15, -0.1) is 11.3 Å². The van der Waals surface area contributed by atoms with E-state index in [1.807, 2.05) is 69.3 Å². The Morgan fingerprint density at radius 2 is 1.82 bits per heavy atom. The third-order valence-corrected chi connectivity index (χ3v) is 6.61. The first kappa shape index (κ1) is 21.5. The molecule has 0 radical (unpaired) electrons. The lowest BCUT2D eigenvalue weighted by molar-refractivity contribution is 0.0240. The van der Waals surface area contributed by atoms with Gasteiger partial charge in [0.15, 0.2) is 0 Å². The SMILES string of the molecule is CC(C)(C)OC(=O)N1CCN(c2ccc3cc(-c4nc5ccccc5s4)c(=O)oc3c2)CC1. The van der Waals surface area contributed by atoms with Gasteiger partial charge in [0.05, 0.1) is 15.8 Å². The Kier molecular flexibility index (Phi) is 5.32. The van der Waals surface area contributed by atoms with Gasteiger partial charge in [0.1, 0.15) is 16.2 Å². The maximum absolute atomic E-state index is 12.8. The summed E-state index contributed by atoms with van der Waals surface area (Å²) in [6.07, 6.45) is -0.283. The third kappa shape index (κ3) is 4.43. The second-order valence-corrected chi connectivity index (χ2v) is 10.1. The monoisotopic (exact) mass is 463 g/mol. The molecule has 0 unspecified atom stereocenters. The first-order valence-corrected chi connectivity index (χ1v) is 11.8. The lowest BCUT2D eigenvalue weighted by Crippen LogP contribution is -2.50. The summed E-state index contributed by atoms with van der Waals surface area (Å²) in [7, 11) is 0. The van der Waals surface area contributed by atoms with Crippen LogP contribution < -0.4 is 10.5 Å². The molecular weight excluding hydrogens is 438 g/mol. The molecule has 1 aliphatic rings. The Balaban J connectivity index is 1.36. The summed E-state index contributed by atoms with van der Waals surface area (Å²) < 4.78 is 12.2.